The third kappa shape index (κ3) is 3.04. The lowest BCUT2D eigenvalue weighted by molar-refractivity contribution is 0.0784. The van der Waals surface area contributed by atoms with E-state index in [-0.39, 0.29) is 23.1 Å². The summed E-state index contributed by atoms with van der Waals surface area (Å²) in [4.78, 5) is 18.6. The summed E-state index contributed by atoms with van der Waals surface area (Å²) in [6.07, 6.45) is 0.743. The van der Waals surface area contributed by atoms with Crippen LogP contribution < -0.4 is 4.74 Å². The van der Waals surface area contributed by atoms with E-state index in [1.807, 2.05) is 0 Å². The lowest BCUT2D eigenvalue weighted by Gasteiger charge is -2.18. The van der Waals surface area contributed by atoms with Crippen LogP contribution in [0.4, 0.5) is 4.39 Å². The van der Waals surface area contributed by atoms with Crippen molar-refractivity contribution in [3.8, 4) is 5.75 Å². The first kappa shape index (κ1) is 15.5. The second-order valence-corrected chi connectivity index (χ2v) is 5.47. The molecular weight excluding hydrogens is 301 g/mol. The Balaban J connectivity index is 1.78. The molecule has 0 spiro atoms. The average Bonchev–Trinajstić information content (AvgIpc) is 3.17. The van der Waals surface area contributed by atoms with E-state index in [0.29, 0.717) is 31.4 Å². The van der Waals surface area contributed by atoms with Crippen molar-refractivity contribution in [1.29, 1.82) is 0 Å². The van der Waals surface area contributed by atoms with Gasteiger partial charge in [0.25, 0.3) is 5.91 Å². The first-order chi connectivity index (χ1) is 11.1. The van der Waals surface area contributed by atoms with Crippen molar-refractivity contribution < 1.29 is 18.4 Å². The molecule has 122 valence electrons. The fourth-order valence-corrected chi connectivity index (χ4v) is 2.76. The molecule has 1 aromatic heterocycles. The van der Waals surface area contributed by atoms with Crippen molar-refractivity contribution in [2.45, 2.75) is 26.2 Å². The molecule has 1 atom stereocenters. The van der Waals surface area contributed by atoms with Crippen LogP contribution in [0.1, 0.15) is 41.3 Å². The molecule has 0 N–H and O–H groups in total. The number of aromatic nitrogens is 2. The van der Waals surface area contributed by atoms with Crippen LogP contribution in [0.2, 0.25) is 0 Å². The Morgan fingerprint density at radius 1 is 1.52 bits per heavy atom. The number of nitrogens with zero attached hydrogens (tertiary/aromatic N) is 3. The van der Waals surface area contributed by atoms with Gasteiger partial charge in [-0.3, -0.25) is 4.79 Å². The van der Waals surface area contributed by atoms with Crippen molar-refractivity contribution in [3.05, 3.63) is 41.3 Å². The van der Waals surface area contributed by atoms with Gasteiger partial charge in [-0.1, -0.05) is 11.2 Å². The topological polar surface area (TPSA) is 68.5 Å². The Labute approximate surface area is 133 Å². The smallest absolute Gasteiger partial charge is 0.257 e. The van der Waals surface area contributed by atoms with Gasteiger partial charge in [0.15, 0.2) is 17.4 Å². The normalized spacial score (nSPS) is 17.5. The molecule has 2 aromatic rings. The highest BCUT2D eigenvalue weighted by Crippen LogP contribution is 2.30. The minimum absolute atomic E-state index is 0.0112. The van der Waals surface area contributed by atoms with Crippen molar-refractivity contribution in [3.63, 3.8) is 0 Å². The number of amides is 1. The van der Waals surface area contributed by atoms with Crippen molar-refractivity contribution in [2.75, 3.05) is 19.7 Å². The third-order valence-electron chi connectivity index (χ3n) is 3.85. The number of likely N-dealkylation sites (tertiary alicyclic amines) is 1. The van der Waals surface area contributed by atoms with Gasteiger partial charge in [0.1, 0.15) is 0 Å². The number of halogens is 1. The number of hydrogen-bond donors (Lipinski definition) is 0. The van der Waals surface area contributed by atoms with Gasteiger partial charge in [-0.05, 0) is 32.4 Å². The maximum atomic E-state index is 13.9. The second-order valence-electron chi connectivity index (χ2n) is 5.47. The zero-order valence-corrected chi connectivity index (χ0v) is 13.1. The Morgan fingerprint density at radius 2 is 2.35 bits per heavy atom. The highest BCUT2D eigenvalue weighted by Gasteiger charge is 2.32. The first-order valence-electron chi connectivity index (χ1n) is 7.61. The highest BCUT2D eigenvalue weighted by atomic mass is 19.1. The SMILES string of the molecule is CCOc1c(F)cccc1C(=O)N1CC[C@@H](c2nc(C)no2)C1. The molecule has 0 unspecified atom stereocenters. The van der Waals surface area contributed by atoms with Crippen molar-refractivity contribution in [2.24, 2.45) is 0 Å². The van der Waals surface area contributed by atoms with Crippen LogP contribution in [0.3, 0.4) is 0 Å². The molecule has 6 nitrogen and oxygen atoms in total. The van der Waals surface area contributed by atoms with E-state index in [1.54, 1.807) is 24.8 Å². The minimum Gasteiger partial charge on any atom is -0.490 e. The molecule has 1 amide bonds. The lowest BCUT2D eigenvalue weighted by atomic mass is 10.1. The summed E-state index contributed by atoms with van der Waals surface area (Å²) >= 11 is 0. The molecular formula is C16H18FN3O3. The maximum Gasteiger partial charge on any atom is 0.257 e. The molecule has 3 rings (SSSR count). The average molecular weight is 319 g/mol. The van der Waals surface area contributed by atoms with E-state index in [4.69, 9.17) is 9.26 Å². The maximum absolute atomic E-state index is 13.9. The molecule has 0 bridgehead atoms. The van der Waals surface area contributed by atoms with E-state index in [1.165, 1.54) is 12.1 Å². The van der Waals surface area contributed by atoms with Gasteiger partial charge >= 0.3 is 0 Å². The van der Waals surface area contributed by atoms with Gasteiger partial charge < -0.3 is 14.2 Å². The Hall–Kier alpha value is -2.44. The van der Waals surface area contributed by atoms with Crippen LogP contribution in [0, 0.1) is 12.7 Å². The molecule has 1 aliphatic rings. The van der Waals surface area contributed by atoms with Crippen LogP contribution >= 0.6 is 0 Å². The fourth-order valence-electron chi connectivity index (χ4n) is 2.76. The van der Waals surface area contributed by atoms with Gasteiger partial charge in [-0.15, -0.1) is 0 Å². The molecule has 0 aliphatic carbocycles. The number of carbonyl (C=O) groups excluding carboxylic acids is 1. The molecule has 1 saturated heterocycles. The summed E-state index contributed by atoms with van der Waals surface area (Å²) in [6, 6.07) is 4.39. The number of rotatable bonds is 4. The molecule has 1 aliphatic heterocycles. The number of benzene rings is 1. The van der Waals surface area contributed by atoms with Gasteiger partial charge in [-0.2, -0.15) is 4.98 Å². The lowest BCUT2D eigenvalue weighted by Crippen LogP contribution is -2.29. The van der Waals surface area contributed by atoms with E-state index in [2.05, 4.69) is 10.1 Å². The van der Waals surface area contributed by atoms with Crippen LogP contribution in [0.25, 0.3) is 0 Å². The van der Waals surface area contributed by atoms with E-state index >= 15 is 0 Å². The summed E-state index contributed by atoms with van der Waals surface area (Å²) in [7, 11) is 0. The zero-order valence-electron chi connectivity index (χ0n) is 13.1. The number of hydrogen-bond acceptors (Lipinski definition) is 5. The molecule has 7 heteroatoms. The quantitative estimate of drug-likeness (QED) is 0.866. The van der Waals surface area contributed by atoms with Crippen LogP contribution in [-0.2, 0) is 0 Å². The third-order valence-corrected chi connectivity index (χ3v) is 3.85. The molecule has 23 heavy (non-hydrogen) atoms. The van der Waals surface area contributed by atoms with E-state index in [9.17, 15) is 9.18 Å². The van der Waals surface area contributed by atoms with E-state index < -0.39 is 5.82 Å². The number of aryl methyl sites for hydroxylation is 1. The van der Waals surface area contributed by atoms with Crippen molar-refractivity contribution >= 4 is 5.91 Å². The summed E-state index contributed by atoms with van der Waals surface area (Å²) in [5.41, 5.74) is 0.245. The van der Waals surface area contributed by atoms with Crippen LogP contribution in [-0.4, -0.2) is 40.6 Å². The van der Waals surface area contributed by atoms with Crippen LogP contribution in [0.15, 0.2) is 22.7 Å². The Morgan fingerprint density at radius 3 is 3.04 bits per heavy atom. The minimum atomic E-state index is -0.527. The number of carbonyl (C=O) groups is 1. The second kappa shape index (κ2) is 6.36. The summed E-state index contributed by atoms with van der Waals surface area (Å²) in [5.74, 6) is 0.379. The molecule has 2 heterocycles. The summed E-state index contributed by atoms with van der Waals surface area (Å²) < 4.78 is 24.4. The van der Waals surface area contributed by atoms with Gasteiger partial charge in [0.2, 0.25) is 5.89 Å². The molecule has 1 aromatic carbocycles. The zero-order chi connectivity index (χ0) is 16.4. The van der Waals surface area contributed by atoms with Gasteiger partial charge in [0.05, 0.1) is 18.1 Å². The standard InChI is InChI=1S/C16H18FN3O3/c1-3-22-14-12(5-4-6-13(14)17)16(21)20-8-7-11(9-20)15-18-10(2)19-23-15/h4-6,11H,3,7-9H2,1-2H3/t11-/m1/s1. The fraction of sp³-hybridized carbons (Fsp3) is 0.438. The summed E-state index contributed by atoms with van der Waals surface area (Å²) in [6.45, 7) is 4.84. The monoisotopic (exact) mass is 319 g/mol. The van der Waals surface area contributed by atoms with E-state index in [0.717, 1.165) is 6.42 Å². The van der Waals surface area contributed by atoms with Gasteiger partial charge in [-0.25, -0.2) is 4.39 Å². The van der Waals surface area contributed by atoms with Crippen LogP contribution in [0.5, 0.6) is 5.75 Å². The predicted octanol–water partition coefficient (Wildman–Crippen LogP) is 2.55. The molecule has 1 fully saturated rings. The molecule has 0 saturated carbocycles. The Bertz CT molecular complexity index is 716. The first-order valence-corrected chi connectivity index (χ1v) is 7.61. The number of para-hydroxylation sites is 1. The Kier molecular flexibility index (Phi) is 4.27. The largest absolute Gasteiger partial charge is 0.490 e. The van der Waals surface area contributed by atoms with Crippen molar-refractivity contribution in [1.82, 2.24) is 15.0 Å². The van der Waals surface area contributed by atoms with Gasteiger partial charge in [0, 0.05) is 13.1 Å². The summed E-state index contributed by atoms with van der Waals surface area (Å²) in [5, 5.41) is 3.78. The number of ether oxygens (including phenoxy) is 1. The predicted molar refractivity (Wildman–Crippen MR) is 79.9 cm³/mol. The molecule has 0 radical (unpaired) electrons. The highest BCUT2D eigenvalue weighted by molar-refractivity contribution is 5.97.